The van der Waals surface area contributed by atoms with E-state index in [0.29, 0.717) is 12.0 Å². The lowest BCUT2D eigenvalue weighted by molar-refractivity contribution is -0.0387. The number of ether oxygens (including phenoxy) is 3. The van der Waals surface area contributed by atoms with Crippen LogP contribution in [0.2, 0.25) is 0 Å². The Balaban J connectivity index is 1.43. The third kappa shape index (κ3) is 3.41. The molecule has 0 N–H and O–H groups in total. The van der Waals surface area contributed by atoms with Crippen LogP contribution in [-0.2, 0) is 11.2 Å². The number of nitrogens with zero attached hydrogens (tertiary/aromatic N) is 4. The fourth-order valence-corrected chi connectivity index (χ4v) is 3.77. The molecule has 0 amide bonds. The van der Waals surface area contributed by atoms with Crippen molar-refractivity contribution in [1.82, 2.24) is 19.7 Å². The van der Waals surface area contributed by atoms with Crippen molar-refractivity contribution >= 4 is 0 Å². The molecule has 1 aliphatic carbocycles. The van der Waals surface area contributed by atoms with Crippen molar-refractivity contribution in [3.05, 3.63) is 29.8 Å². The number of hydrogen-bond acceptors (Lipinski definition) is 6. The van der Waals surface area contributed by atoms with E-state index in [2.05, 4.69) is 18.7 Å². The van der Waals surface area contributed by atoms with Crippen molar-refractivity contribution in [2.24, 2.45) is 0 Å². The predicted octanol–water partition coefficient (Wildman–Crippen LogP) is 2.53. The first-order chi connectivity index (χ1) is 13.2. The second-order valence-corrected chi connectivity index (χ2v) is 7.90. The summed E-state index contributed by atoms with van der Waals surface area (Å²) in [6, 6.07) is 6.48. The Morgan fingerprint density at radius 1 is 1.19 bits per heavy atom. The summed E-state index contributed by atoms with van der Waals surface area (Å²) in [5, 5.41) is 4.83. The van der Waals surface area contributed by atoms with E-state index in [1.165, 1.54) is 12.8 Å². The molecular formula is C20H26N4O3. The molecule has 1 atom stereocenters. The van der Waals surface area contributed by atoms with Crippen molar-refractivity contribution in [3.63, 3.8) is 0 Å². The van der Waals surface area contributed by atoms with Crippen molar-refractivity contribution in [1.29, 1.82) is 0 Å². The lowest BCUT2D eigenvalue weighted by Gasteiger charge is -2.35. The number of hydrogen-bond donors (Lipinski definition) is 0. The molecule has 0 bridgehead atoms. The standard InChI is InChI=1S/C20H26N4O3/c1-13(2)23-7-8-25-16(11-23)10-19-21-20(14-3-4-14)22-24(19)15-5-6-17-18(9-15)27-12-26-17/h5-6,9,13-14,16H,3-4,7-8,10-12H2,1-2H3. The summed E-state index contributed by atoms with van der Waals surface area (Å²) in [7, 11) is 0. The maximum Gasteiger partial charge on any atom is 0.231 e. The first-order valence-corrected chi connectivity index (χ1v) is 9.89. The third-order valence-electron chi connectivity index (χ3n) is 5.54. The Kier molecular flexibility index (Phi) is 4.28. The highest BCUT2D eigenvalue weighted by Crippen LogP contribution is 2.39. The van der Waals surface area contributed by atoms with E-state index in [9.17, 15) is 0 Å². The Labute approximate surface area is 159 Å². The second-order valence-electron chi connectivity index (χ2n) is 7.90. The van der Waals surface area contributed by atoms with Gasteiger partial charge in [0, 0.05) is 37.5 Å². The van der Waals surface area contributed by atoms with Crippen LogP contribution in [0, 0.1) is 0 Å². The van der Waals surface area contributed by atoms with Gasteiger partial charge in [-0.2, -0.15) is 5.10 Å². The van der Waals surface area contributed by atoms with Gasteiger partial charge in [0.05, 0.1) is 18.4 Å². The zero-order valence-corrected chi connectivity index (χ0v) is 15.9. The summed E-state index contributed by atoms with van der Waals surface area (Å²) in [6.45, 7) is 7.46. The molecule has 0 radical (unpaired) electrons. The van der Waals surface area contributed by atoms with Crippen LogP contribution in [0.25, 0.3) is 5.69 Å². The zero-order chi connectivity index (χ0) is 18.4. The molecule has 5 rings (SSSR count). The lowest BCUT2D eigenvalue weighted by Crippen LogP contribution is -2.46. The maximum atomic E-state index is 6.05. The fourth-order valence-electron chi connectivity index (χ4n) is 3.77. The summed E-state index contributed by atoms with van der Waals surface area (Å²) in [5.74, 6) is 3.98. The van der Waals surface area contributed by atoms with Gasteiger partial charge in [-0.1, -0.05) is 0 Å². The van der Waals surface area contributed by atoms with Crippen LogP contribution >= 0.6 is 0 Å². The van der Waals surface area contributed by atoms with Gasteiger partial charge in [-0.25, -0.2) is 9.67 Å². The van der Waals surface area contributed by atoms with E-state index >= 15 is 0 Å². The molecule has 0 spiro atoms. The molecule has 3 aliphatic rings. The first-order valence-electron chi connectivity index (χ1n) is 9.89. The molecule has 7 heteroatoms. The highest BCUT2D eigenvalue weighted by atomic mass is 16.7. The molecule has 1 aromatic heterocycles. The Morgan fingerprint density at radius 3 is 2.85 bits per heavy atom. The van der Waals surface area contributed by atoms with Gasteiger partial charge in [-0.05, 0) is 38.8 Å². The Bertz CT molecular complexity index is 831. The van der Waals surface area contributed by atoms with E-state index in [-0.39, 0.29) is 12.9 Å². The highest BCUT2D eigenvalue weighted by molar-refractivity contribution is 5.50. The summed E-state index contributed by atoms with van der Waals surface area (Å²) in [6.07, 6.45) is 3.28. The summed E-state index contributed by atoms with van der Waals surface area (Å²) >= 11 is 0. The van der Waals surface area contributed by atoms with Gasteiger partial charge < -0.3 is 14.2 Å². The summed E-state index contributed by atoms with van der Waals surface area (Å²) < 4.78 is 19.0. The minimum atomic E-state index is 0.144. The summed E-state index contributed by atoms with van der Waals surface area (Å²) in [4.78, 5) is 7.36. The molecule has 1 saturated carbocycles. The Morgan fingerprint density at radius 2 is 2.04 bits per heavy atom. The molecule has 144 valence electrons. The van der Waals surface area contributed by atoms with E-state index in [4.69, 9.17) is 24.3 Å². The minimum absolute atomic E-state index is 0.144. The van der Waals surface area contributed by atoms with Crippen LogP contribution < -0.4 is 9.47 Å². The van der Waals surface area contributed by atoms with Gasteiger partial charge in [-0.3, -0.25) is 4.90 Å². The quantitative estimate of drug-likeness (QED) is 0.806. The average molecular weight is 370 g/mol. The molecular weight excluding hydrogens is 344 g/mol. The van der Waals surface area contributed by atoms with Crippen molar-refractivity contribution in [2.75, 3.05) is 26.5 Å². The fraction of sp³-hybridized carbons (Fsp3) is 0.600. The largest absolute Gasteiger partial charge is 0.454 e. The smallest absolute Gasteiger partial charge is 0.231 e. The zero-order valence-electron chi connectivity index (χ0n) is 15.9. The van der Waals surface area contributed by atoms with Crippen LogP contribution in [0.3, 0.4) is 0 Å². The minimum Gasteiger partial charge on any atom is -0.454 e. The molecule has 7 nitrogen and oxygen atoms in total. The molecule has 1 aromatic carbocycles. The molecule has 3 heterocycles. The average Bonchev–Trinajstić information content (AvgIpc) is 3.27. The highest BCUT2D eigenvalue weighted by Gasteiger charge is 2.31. The van der Waals surface area contributed by atoms with Crippen molar-refractivity contribution in [2.45, 2.75) is 51.2 Å². The van der Waals surface area contributed by atoms with Crippen LogP contribution in [0.5, 0.6) is 11.5 Å². The molecule has 2 aromatic rings. The van der Waals surface area contributed by atoms with Crippen LogP contribution in [0.4, 0.5) is 0 Å². The third-order valence-corrected chi connectivity index (χ3v) is 5.54. The maximum absolute atomic E-state index is 6.05. The van der Waals surface area contributed by atoms with Crippen molar-refractivity contribution < 1.29 is 14.2 Å². The SMILES string of the molecule is CC(C)N1CCOC(Cc2nc(C3CC3)nn2-c2ccc3c(c2)OCO3)C1. The number of benzene rings is 1. The number of aromatic nitrogens is 3. The van der Waals surface area contributed by atoms with Gasteiger partial charge in [0.15, 0.2) is 17.3 Å². The lowest BCUT2D eigenvalue weighted by atomic mass is 10.1. The molecule has 1 saturated heterocycles. The van der Waals surface area contributed by atoms with E-state index in [1.807, 2.05) is 22.9 Å². The van der Waals surface area contributed by atoms with Gasteiger partial charge in [0.1, 0.15) is 5.82 Å². The second kappa shape index (κ2) is 6.80. The first kappa shape index (κ1) is 17.0. The normalized spacial score (nSPS) is 22.6. The topological polar surface area (TPSA) is 61.6 Å². The number of rotatable bonds is 5. The van der Waals surface area contributed by atoms with Gasteiger partial charge in [0.2, 0.25) is 6.79 Å². The monoisotopic (exact) mass is 370 g/mol. The molecule has 2 fully saturated rings. The van der Waals surface area contributed by atoms with Crippen LogP contribution in [-0.4, -0.2) is 58.3 Å². The van der Waals surface area contributed by atoms with Crippen LogP contribution in [0.1, 0.15) is 44.3 Å². The number of fused-ring (bicyclic) bond motifs is 1. The van der Waals surface area contributed by atoms with Gasteiger partial charge >= 0.3 is 0 Å². The van der Waals surface area contributed by atoms with Gasteiger partial charge in [-0.15, -0.1) is 0 Å². The van der Waals surface area contributed by atoms with Gasteiger partial charge in [0.25, 0.3) is 0 Å². The number of morpholine rings is 1. The molecule has 2 aliphatic heterocycles. The molecule has 27 heavy (non-hydrogen) atoms. The van der Waals surface area contributed by atoms with E-state index < -0.39 is 0 Å². The van der Waals surface area contributed by atoms with E-state index in [1.54, 1.807) is 0 Å². The predicted molar refractivity (Wildman–Crippen MR) is 99.6 cm³/mol. The molecule has 1 unspecified atom stereocenters. The van der Waals surface area contributed by atoms with Crippen molar-refractivity contribution in [3.8, 4) is 17.2 Å². The van der Waals surface area contributed by atoms with Crippen LogP contribution in [0.15, 0.2) is 18.2 Å². The Hall–Kier alpha value is -2.12. The van der Waals surface area contributed by atoms with E-state index in [0.717, 1.165) is 55.0 Å². The summed E-state index contributed by atoms with van der Waals surface area (Å²) in [5.41, 5.74) is 0.963.